The molecule has 0 aromatic carbocycles. The van der Waals surface area contributed by atoms with Crippen molar-refractivity contribution in [3.05, 3.63) is 26.6 Å². The van der Waals surface area contributed by atoms with Gasteiger partial charge in [0.05, 0.1) is 5.39 Å². The molecule has 6 heteroatoms. The Hall–Kier alpha value is -1.69. The predicted molar refractivity (Wildman–Crippen MR) is 95.5 cm³/mol. The molecule has 24 heavy (non-hydrogen) atoms. The van der Waals surface area contributed by atoms with Crippen molar-refractivity contribution in [1.82, 2.24) is 15.3 Å². The van der Waals surface area contributed by atoms with Crippen LogP contribution < -0.4 is 10.9 Å². The van der Waals surface area contributed by atoms with Gasteiger partial charge >= 0.3 is 0 Å². The number of hydrogen-bond acceptors (Lipinski definition) is 4. The van der Waals surface area contributed by atoms with Crippen LogP contribution >= 0.6 is 11.3 Å². The average molecular weight is 345 g/mol. The molecular formula is C18H23N3O2S. The van der Waals surface area contributed by atoms with E-state index in [2.05, 4.69) is 22.2 Å². The molecule has 0 aliphatic heterocycles. The minimum Gasteiger partial charge on any atom is -0.353 e. The third-order valence-corrected chi connectivity index (χ3v) is 6.37. The van der Waals surface area contributed by atoms with Crippen LogP contribution in [0.3, 0.4) is 0 Å². The molecule has 0 bridgehead atoms. The van der Waals surface area contributed by atoms with Gasteiger partial charge in [0.2, 0.25) is 5.91 Å². The molecule has 128 valence electrons. The fraction of sp³-hybridized carbons (Fsp3) is 0.611. The smallest absolute Gasteiger partial charge is 0.259 e. The summed E-state index contributed by atoms with van der Waals surface area (Å²) >= 11 is 1.65. The van der Waals surface area contributed by atoms with Crippen molar-refractivity contribution >= 4 is 27.5 Å². The van der Waals surface area contributed by atoms with Crippen molar-refractivity contribution in [2.24, 2.45) is 5.92 Å². The highest BCUT2D eigenvalue weighted by atomic mass is 32.1. The van der Waals surface area contributed by atoms with E-state index in [9.17, 15) is 9.59 Å². The summed E-state index contributed by atoms with van der Waals surface area (Å²) in [6.45, 7) is 2.07. The summed E-state index contributed by atoms with van der Waals surface area (Å²) in [4.78, 5) is 34.2. The summed E-state index contributed by atoms with van der Waals surface area (Å²) in [6.07, 6.45) is 7.69. The Balaban J connectivity index is 1.48. The van der Waals surface area contributed by atoms with Crippen LogP contribution in [-0.2, 0) is 24.1 Å². The highest BCUT2D eigenvalue weighted by molar-refractivity contribution is 7.18. The third kappa shape index (κ3) is 3.11. The summed E-state index contributed by atoms with van der Waals surface area (Å²) in [5, 5.41) is 3.83. The Morgan fingerprint density at radius 3 is 2.96 bits per heavy atom. The molecule has 2 aliphatic carbocycles. The first-order chi connectivity index (χ1) is 11.6. The number of aromatic amines is 1. The van der Waals surface area contributed by atoms with Crippen LogP contribution in [0.4, 0.5) is 0 Å². The van der Waals surface area contributed by atoms with E-state index < -0.39 is 0 Å². The largest absolute Gasteiger partial charge is 0.353 e. The SMILES string of the molecule is C[C@H](NC(=O)CCc1nc2sc3c(c2c(=O)[nH]1)CCCC3)C1CC1. The molecule has 2 aromatic rings. The Morgan fingerprint density at radius 1 is 1.38 bits per heavy atom. The first-order valence-corrected chi connectivity index (χ1v) is 9.76. The molecule has 2 aliphatic rings. The van der Waals surface area contributed by atoms with E-state index >= 15 is 0 Å². The Morgan fingerprint density at radius 2 is 2.17 bits per heavy atom. The Kier molecular flexibility index (Phi) is 4.16. The molecule has 0 saturated heterocycles. The van der Waals surface area contributed by atoms with Gasteiger partial charge in [-0.05, 0) is 56.9 Å². The molecule has 1 saturated carbocycles. The quantitative estimate of drug-likeness (QED) is 0.875. The van der Waals surface area contributed by atoms with Crippen LogP contribution in [0.25, 0.3) is 10.2 Å². The average Bonchev–Trinajstić information content (AvgIpc) is 3.33. The van der Waals surface area contributed by atoms with Crippen LogP contribution in [0.2, 0.25) is 0 Å². The van der Waals surface area contributed by atoms with Gasteiger partial charge in [-0.25, -0.2) is 4.98 Å². The summed E-state index contributed by atoms with van der Waals surface area (Å²) in [7, 11) is 0. The molecule has 2 heterocycles. The second-order valence-electron chi connectivity index (χ2n) is 7.10. The molecule has 4 rings (SSSR count). The minimum atomic E-state index is -0.0406. The van der Waals surface area contributed by atoms with Crippen LogP contribution in [0.1, 0.15) is 55.3 Å². The van der Waals surface area contributed by atoms with Gasteiger partial charge in [-0.15, -0.1) is 11.3 Å². The number of carbonyl (C=O) groups is 1. The summed E-state index contributed by atoms with van der Waals surface area (Å²) in [6, 6.07) is 0.260. The van der Waals surface area contributed by atoms with Gasteiger partial charge in [-0.3, -0.25) is 9.59 Å². The second-order valence-corrected chi connectivity index (χ2v) is 8.18. The molecular weight excluding hydrogens is 322 g/mol. The number of aryl methyl sites for hydroxylation is 3. The molecule has 2 N–H and O–H groups in total. The highest BCUT2D eigenvalue weighted by Crippen LogP contribution is 2.33. The maximum Gasteiger partial charge on any atom is 0.259 e. The van der Waals surface area contributed by atoms with Gasteiger partial charge in [0, 0.05) is 23.8 Å². The van der Waals surface area contributed by atoms with E-state index in [0.717, 1.165) is 29.5 Å². The number of aromatic nitrogens is 2. The van der Waals surface area contributed by atoms with E-state index in [4.69, 9.17) is 0 Å². The number of fused-ring (bicyclic) bond motifs is 3. The number of rotatable bonds is 5. The van der Waals surface area contributed by atoms with E-state index in [-0.39, 0.29) is 17.5 Å². The van der Waals surface area contributed by atoms with Crippen molar-refractivity contribution in [2.45, 2.75) is 64.3 Å². The van der Waals surface area contributed by atoms with Crippen molar-refractivity contribution in [3.8, 4) is 0 Å². The number of hydrogen-bond donors (Lipinski definition) is 2. The zero-order valence-corrected chi connectivity index (χ0v) is 14.8. The molecule has 0 unspecified atom stereocenters. The maximum absolute atomic E-state index is 12.5. The standard InChI is InChI=1S/C18H23N3O2S/c1-10(11-6-7-11)19-15(22)9-8-14-20-17(23)16-12-4-2-3-5-13(12)24-18(16)21-14/h10-11H,2-9H2,1H3,(H,19,22)(H,20,21,23)/t10-/m0/s1. The minimum absolute atomic E-state index is 0.0406. The van der Waals surface area contributed by atoms with Gasteiger partial charge in [-0.2, -0.15) is 0 Å². The van der Waals surface area contributed by atoms with Crippen molar-refractivity contribution in [2.75, 3.05) is 0 Å². The fourth-order valence-electron chi connectivity index (χ4n) is 3.60. The number of nitrogens with one attached hydrogen (secondary N) is 2. The second kappa shape index (κ2) is 6.31. The molecule has 5 nitrogen and oxygen atoms in total. The first-order valence-electron chi connectivity index (χ1n) is 8.94. The van der Waals surface area contributed by atoms with Crippen molar-refractivity contribution < 1.29 is 4.79 Å². The van der Waals surface area contributed by atoms with E-state index in [0.29, 0.717) is 24.6 Å². The van der Waals surface area contributed by atoms with E-state index in [1.54, 1.807) is 11.3 Å². The zero-order valence-electron chi connectivity index (χ0n) is 14.0. The normalized spacial score (nSPS) is 18.4. The van der Waals surface area contributed by atoms with Gasteiger partial charge in [0.25, 0.3) is 5.56 Å². The van der Waals surface area contributed by atoms with Crippen molar-refractivity contribution in [3.63, 3.8) is 0 Å². The zero-order chi connectivity index (χ0) is 16.7. The van der Waals surface area contributed by atoms with Gasteiger partial charge < -0.3 is 10.3 Å². The lowest BCUT2D eigenvalue weighted by Crippen LogP contribution is -2.34. The Bertz CT molecular complexity index is 835. The monoisotopic (exact) mass is 345 g/mol. The fourth-order valence-corrected chi connectivity index (χ4v) is 4.88. The predicted octanol–water partition coefficient (Wildman–Crippen LogP) is 2.71. The molecule has 1 fully saturated rings. The third-order valence-electron chi connectivity index (χ3n) is 5.18. The number of nitrogens with zero attached hydrogens (tertiary/aromatic N) is 1. The Labute approximate surface area is 144 Å². The van der Waals surface area contributed by atoms with E-state index in [1.165, 1.54) is 29.7 Å². The number of carbonyl (C=O) groups excluding carboxylic acids is 1. The van der Waals surface area contributed by atoms with Gasteiger partial charge in [0.15, 0.2) is 0 Å². The molecule has 0 spiro atoms. The summed E-state index contributed by atoms with van der Waals surface area (Å²) in [5.41, 5.74) is 1.17. The van der Waals surface area contributed by atoms with Crippen LogP contribution in [-0.4, -0.2) is 21.9 Å². The maximum atomic E-state index is 12.5. The molecule has 1 atom stereocenters. The summed E-state index contributed by atoms with van der Waals surface area (Å²) < 4.78 is 0. The molecule has 1 amide bonds. The van der Waals surface area contributed by atoms with Crippen LogP contribution in [0.5, 0.6) is 0 Å². The van der Waals surface area contributed by atoms with Crippen LogP contribution in [0.15, 0.2) is 4.79 Å². The van der Waals surface area contributed by atoms with E-state index in [1.807, 2.05) is 0 Å². The van der Waals surface area contributed by atoms with Crippen LogP contribution in [0, 0.1) is 5.92 Å². The van der Waals surface area contributed by atoms with Gasteiger partial charge in [0.1, 0.15) is 10.7 Å². The molecule has 2 aromatic heterocycles. The number of amides is 1. The first kappa shape index (κ1) is 15.8. The highest BCUT2D eigenvalue weighted by Gasteiger charge is 2.28. The topological polar surface area (TPSA) is 74.8 Å². The summed E-state index contributed by atoms with van der Waals surface area (Å²) in [5.74, 6) is 1.32. The lowest BCUT2D eigenvalue weighted by molar-refractivity contribution is -0.121. The van der Waals surface area contributed by atoms with Gasteiger partial charge in [-0.1, -0.05) is 0 Å². The molecule has 0 radical (unpaired) electrons. The lowest BCUT2D eigenvalue weighted by atomic mass is 9.97. The number of thiophene rings is 1. The number of H-pyrrole nitrogens is 1. The lowest BCUT2D eigenvalue weighted by Gasteiger charge is -2.12. The van der Waals surface area contributed by atoms with Crippen molar-refractivity contribution in [1.29, 1.82) is 0 Å².